The standard InChI is InChI=1S/C20H20N2O3S2/c23-19(16-9-5-2-6-10-16)21-20-22(12-11-15-7-3-1-4-8-15)17-13-27(24,25)14-18(17)26-20/h1-10,17-18H,11-14H2. The summed E-state index contributed by atoms with van der Waals surface area (Å²) >= 11 is 1.43. The first-order valence-electron chi connectivity index (χ1n) is 8.87. The number of fused-ring (bicyclic) bond motifs is 1. The van der Waals surface area contributed by atoms with E-state index in [2.05, 4.69) is 17.1 Å². The minimum absolute atomic E-state index is 0.0481. The second-order valence-corrected chi connectivity index (χ2v) is 10.2. The lowest BCUT2D eigenvalue weighted by Gasteiger charge is -2.24. The fourth-order valence-corrected chi connectivity index (χ4v) is 7.50. The summed E-state index contributed by atoms with van der Waals surface area (Å²) in [6, 6.07) is 18.9. The highest BCUT2D eigenvalue weighted by molar-refractivity contribution is 8.15. The molecule has 2 unspecified atom stereocenters. The highest BCUT2D eigenvalue weighted by Crippen LogP contribution is 2.38. The number of carbonyl (C=O) groups is 1. The molecule has 2 aliphatic rings. The highest BCUT2D eigenvalue weighted by atomic mass is 32.2. The number of benzene rings is 2. The lowest BCUT2D eigenvalue weighted by molar-refractivity contribution is 0.100. The molecule has 0 saturated carbocycles. The van der Waals surface area contributed by atoms with Crippen LogP contribution in [0, 0.1) is 0 Å². The highest BCUT2D eigenvalue weighted by Gasteiger charge is 2.48. The molecule has 0 aromatic heterocycles. The molecule has 2 aromatic rings. The van der Waals surface area contributed by atoms with Gasteiger partial charge < -0.3 is 4.90 Å². The molecule has 7 heteroatoms. The van der Waals surface area contributed by atoms with Crippen LogP contribution in [0.2, 0.25) is 0 Å². The minimum atomic E-state index is -3.03. The van der Waals surface area contributed by atoms with Gasteiger partial charge in [-0.05, 0) is 24.1 Å². The van der Waals surface area contributed by atoms with E-state index < -0.39 is 9.84 Å². The topological polar surface area (TPSA) is 66.8 Å². The Balaban J connectivity index is 1.57. The molecule has 5 nitrogen and oxygen atoms in total. The SMILES string of the molecule is O=C(N=C1SC2CS(=O)(=O)CC2N1CCc1ccccc1)c1ccccc1. The monoisotopic (exact) mass is 400 g/mol. The van der Waals surface area contributed by atoms with Crippen molar-refractivity contribution in [2.45, 2.75) is 17.7 Å². The van der Waals surface area contributed by atoms with Gasteiger partial charge in [0.1, 0.15) is 0 Å². The number of sulfone groups is 1. The van der Waals surface area contributed by atoms with Gasteiger partial charge in [0.15, 0.2) is 15.0 Å². The summed E-state index contributed by atoms with van der Waals surface area (Å²) < 4.78 is 24.1. The predicted molar refractivity (Wildman–Crippen MR) is 109 cm³/mol. The minimum Gasteiger partial charge on any atom is -0.346 e. The van der Waals surface area contributed by atoms with Crippen LogP contribution < -0.4 is 0 Å². The van der Waals surface area contributed by atoms with Crippen molar-refractivity contribution in [1.82, 2.24) is 4.90 Å². The van der Waals surface area contributed by atoms with Gasteiger partial charge in [-0.15, -0.1) is 0 Å². The van der Waals surface area contributed by atoms with Gasteiger partial charge in [0.25, 0.3) is 5.91 Å². The molecule has 2 saturated heterocycles. The van der Waals surface area contributed by atoms with E-state index in [0.717, 1.165) is 6.42 Å². The van der Waals surface area contributed by atoms with Crippen LogP contribution in [0.5, 0.6) is 0 Å². The summed E-state index contributed by atoms with van der Waals surface area (Å²) in [5, 5.41) is 0.595. The molecule has 0 aliphatic carbocycles. The van der Waals surface area contributed by atoms with Crippen molar-refractivity contribution in [3.63, 3.8) is 0 Å². The molecule has 140 valence electrons. The van der Waals surface area contributed by atoms with Crippen molar-refractivity contribution in [3.8, 4) is 0 Å². The van der Waals surface area contributed by atoms with E-state index in [9.17, 15) is 13.2 Å². The van der Waals surface area contributed by atoms with Gasteiger partial charge in [-0.1, -0.05) is 60.3 Å². The van der Waals surface area contributed by atoms with Crippen LogP contribution in [0.3, 0.4) is 0 Å². The molecule has 0 radical (unpaired) electrons. The Labute approximate surface area is 163 Å². The first-order chi connectivity index (χ1) is 13.0. The Kier molecular flexibility index (Phi) is 5.06. The zero-order valence-corrected chi connectivity index (χ0v) is 16.3. The molecule has 0 bridgehead atoms. The second-order valence-electron chi connectivity index (χ2n) is 6.80. The summed E-state index contributed by atoms with van der Waals surface area (Å²) in [6.07, 6.45) is 0.781. The average molecular weight is 401 g/mol. The molecular formula is C20H20N2O3S2. The predicted octanol–water partition coefficient (Wildman–Crippen LogP) is 2.64. The van der Waals surface area contributed by atoms with E-state index in [-0.39, 0.29) is 28.7 Å². The van der Waals surface area contributed by atoms with Crippen LogP contribution in [0.15, 0.2) is 65.7 Å². The van der Waals surface area contributed by atoms with E-state index >= 15 is 0 Å². The van der Waals surface area contributed by atoms with E-state index in [1.165, 1.54) is 17.3 Å². The fourth-order valence-electron chi connectivity index (χ4n) is 3.52. The fraction of sp³-hybridized carbons (Fsp3) is 0.300. The first kappa shape index (κ1) is 18.3. The van der Waals surface area contributed by atoms with E-state index in [4.69, 9.17) is 0 Å². The normalized spacial score (nSPS) is 24.9. The first-order valence-corrected chi connectivity index (χ1v) is 11.6. The quantitative estimate of drug-likeness (QED) is 0.789. The van der Waals surface area contributed by atoms with Gasteiger partial charge in [0, 0.05) is 17.4 Å². The smallest absolute Gasteiger partial charge is 0.279 e. The molecule has 2 atom stereocenters. The van der Waals surface area contributed by atoms with Gasteiger partial charge in [-0.3, -0.25) is 4.79 Å². The Bertz CT molecular complexity index is 959. The maximum absolute atomic E-state index is 12.5. The van der Waals surface area contributed by atoms with Gasteiger partial charge >= 0.3 is 0 Å². The summed E-state index contributed by atoms with van der Waals surface area (Å²) in [7, 11) is -3.03. The number of hydrogen-bond donors (Lipinski definition) is 0. The molecule has 27 heavy (non-hydrogen) atoms. The van der Waals surface area contributed by atoms with Crippen LogP contribution in [0.25, 0.3) is 0 Å². The number of carbonyl (C=O) groups excluding carboxylic acids is 1. The number of aliphatic imine (C=N–C) groups is 1. The third-order valence-corrected chi connectivity index (χ3v) is 8.12. The third kappa shape index (κ3) is 4.09. The summed E-state index contributed by atoms with van der Waals surface area (Å²) in [4.78, 5) is 18.9. The maximum atomic E-state index is 12.5. The Morgan fingerprint density at radius 1 is 1.04 bits per heavy atom. The summed E-state index contributed by atoms with van der Waals surface area (Å²) in [5.74, 6) is 0.00594. The van der Waals surface area contributed by atoms with E-state index in [1.54, 1.807) is 12.1 Å². The van der Waals surface area contributed by atoms with Crippen molar-refractivity contribution in [3.05, 3.63) is 71.8 Å². The van der Waals surface area contributed by atoms with Gasteiger partial charge in [0.05, 0.1) is 17.5 Å². The van der Waals surface area contributed by atoms with Gasteiger partial charge in [-0.25, -0.2) is 8.42 Å². The molecule has 4 rings (SSSR count). The molecule has 0 N–H and O–H groups in total. The number of thioether (sulfide) groups is 1. The molecule has 0 spiro atoms. The van der Waals surface area contributed by atoms with Crippen molar-refractivity contribution in [2.24, 2.45) is 4.99 Å². The number of amides is 1. The Morgan fingerprint density at radius 3 is 2.41 bits per heavy atom. The largest absolute Gasteiger partial charge is 0.346 e. The molecule has 2 aromatic carbocycles. The number of amidine groups is 1. The number of nitrogens with zero attached hydrogens (tertiary/aromatic N) is 2. The van der Waals surface area contributed by atoms with Crippen LogP contribution in [-0.4, -0.2) is 53.7 Å². The maximum Gasteiger partial charge on any atom is 0.279 e. The summed E-state index contributed by atoms with van der Waals surface area (Å²) in [6.45, 7) is 0.647. The van der Waals surface area contributed by atoms with Gasteiger partial charge in [0.2, 0.25) is 0 Å². The van der Waals surface area contributed by atoms with Crippen molar-refractivity contribution >= 4 is 32.7 Å². The zero-order valence-electron chi connectivity index (χ0n) is 14.7. The average Bonchev–Trinajstić information content (AvgIpc) is 3.12. The van der Waals surface area contributed by atoms with Crippen molar-refractivity contribution in [1.29, 1.82) is 0 Å². The lowest BCUT2D eigenvalue weighted by Crippen LogP contribution is -2.39. The molecule has 2 aliphatic heterocycles. The second kappa shape index (κ2) is 7.48. The van der Waals surface area contributed by atoms with Crippen LogP contribution in [-0.2, 0) is 16.3 Å². The molecular weight excluding hydrogens is 380 g/mol. The van der Waals surface area contributed by atoms with Crippen molar-refractivity contribution in [2.75, 3.05) is 18.1 Å². The zero-order chi connectivity index (χ0) is 18.9. The van der Waals surface area contributed by atoms with Crippen LogP contribution in [0.1, 0.15) is 15.9 Å². The van der Waals surface area contributed by atoms with Crippen LogP contribution >= 0.6 is 11.8 Å². The van der Waals surface area contributed by atoms with Gasteiger partial charge in [-0.2, -0.15) is 4.99 Å². The molecule has 2 heterocycles. The number of hydrogen-bond acceptors (Lipinski definition) is 4. The Hall–Kier alpha value is -2.12. The lowest BCUT2D eigenvalue weighted by atomic mass is 10.1. The molecule has 1 amide bonds. The third-order valence-electron chi connectivity index (χ3n) is 4.88. The van der Waals surface area contributed by atoms with Crippen LogP contribution in [0.4, 0.5) is 0 Å². The number of rotatable bonds is 4. The van der Waals surface area contributed by atoms with Crippen molar-refractivity contribution < 1.29 is 13.2 Å². The molecule has 2 fully saturated rings. The summed E-state index contributed by atoms with van der Waals surface area (Å²) in [5.41, 5.74) is 1.72. The Morgan fingerprint density at radius 2 is 1.70 bits per heavy atom. The van der Waals surface area contributed by atoms with E-state index in [1.807, 2.05) is 41.3 Å². The van der Waals surface area contributed by atoms with E-state index in [0.29, 0.717) is 17.3 Å².